The molecule has 1 aromatic carbocycles. The highest BCUT2D eigenvalue weighted by Crippen LogP contribution is 2.26. The number of phenolic OH excluding ortho intramolecular Hbond substituents is 1. The highest BCUT2D eigenvalue weighted by Gasteiger charge is 2.38. The van der Waals surface area contributed by atoms with E-state index in [1.807, 2.05) is 13.0 Å². The minimum Gasteiger partial charge on any atom is -0.508 e. The van der Waals surface area contributed by atoms with Gasteiger partial charge in [-0.25, -0.2) is 4.79 Å². The van der Waals surface area contributed by atoms with Crippen LogP contribution in [0, 0.1) is 17.2 Å². The largest absolute Gasteiger partial charge is 0.508 e. The molecule has 11 nitrogen and oxygen atoms in total. The van der Waals surface area contributed by atoms with Gasteiger partial charge in [0.15, 0.2) is 0 Å². The van der Waals surface area contributed by atoms with Crippen LogP contribution in [-0.4, -0.2) is 65.2 Å². The second kappa shape index (κ2) is 14.7. The molecule has 0 fully saturated rings. The van der Waals surface area contributed by atoms with Gasteiger partial charge in [0.2, 0.25) is 11.8 Å². The normalized spacial score (nSPS) is 13.3. The molecule has 0 aliphatic carbocycles. The molecule has 3 amide bonds. The Balaban J connectivity index is 3.38. The third kappa shape index (κ3) is 10.4. The van der Waals surface area contributed by atoms with Gasteiger partial charge in [0.25, 0.3) is 0 Å². The summed E-state index contributed by atoms with van der Waals surface area (Å²) in [6, 6.07) is 5.24. The molecule has 204 valence electrons. The minimum absolute atomic E-state index is 0.0630. The maximum absolute atomic E-state index is 13.8. The van der Waals surface area contributed by atoms with Gasteiger partial charge in [-0.05, 0) is 51.3 Å². The molecule has 1 aromatic rings. The Morgan fingerprint density at radius 2 is 1.86 bits per heavy atom. The van der Waals surface area contributed by atoms with E-state index in [0.717, 1.165) is 4.90 Å². The van der Waals surface area contributed by atoms with Crippen LogP contribution in [0.25, 0.3) is 0 Å². The van der Waals surface area contributed by atoms with Gasteiger partial charge in [-0.2, -0.15) is 5.26 Å². The molecule has 0 saturated heterocycles. The quantitative estimate of drug-likeness (QED) is 0.281. The standard InChI is InChI=1S/C26H38N4O7/c1-7-17(3)21(29-25(35)37-26(4,5)6)24(34)30(15-13-27)22(18-10-9-11-19(31)16-18)23(33)28-14-12-20(32)36-8-2/h9-11,16-17,21-22,31H,7-8,12,14-15H2,1-6H3,(H,28,33)(H,29,35). The lowest BCUT2D eigenvalue weighted by molar-refractivity contribution is -0.144. The average molecular weight is 519 g/mol. The molecule has 37 heavy (non-hydrogen) atoms. The number of amides is 3. The van der Waals surface area contributed by atoms with Crippen LogP contribution >= 0.6 is 0 Å². The fourth-order valence-electron chi connectivity index (χ4n) is 3.45. The molecule has 3 N–H and O–H groups in total. The predicted octanol–water partition coefficient (Wildman–Crippen LogP) is 2.79. The number of hydrogen-bond acceptors (Lipinski definition) is 8. The second-order valence-electron chi connectivity index (χ2n) is 9.48. The van der Waals surface area contributed by atoms with Gasteiger partial charge in [0.05, 0.1) is 19.1 Å². The smallest absolute Gasteiger partial charge is 0.408 e. The monoisotopic (exact) mass is 518 g/mol. The minimum atomic E-state index is -1.33. The van der Waals surface area contributed by atoms with Gasteiger partial charge in [-0.1, -0.05) is 32.4 Å². The Bertz CT molecular complexity index is 984. The number of phenols is 1. The summed E-state index contributed by atoms with van der Waals surface area (Å²) >= 11 is 0. The summed E-state index contributed by atoms with van der Waals surface area (Å²) < 4.78 is 10.2. The van der Waals surface area contributed by atoms with Crippen molar-refractivity contribution in [2.24, 2.45) is 5.92 Å². The van der Waals surface area contributed by atoms with Crippen LogP contribution < -0.4 is 10.6 Å². The topological polar surface area (TPSA) is 158 Å². The lowest BCUT2D eigenvalue weighted by atomic mass is 9.95. The first-order valence-corrected chi connectivity index (χ1v) is 12.2. The number of hydrogen-bond donors (Lipinski definition) is 3. The number of rotatable bonds is 12. The van der Waals surface area contributed by atoms with Crippen molar-refractivity contribution in [3.05, 3.63) is 29.8 Å². The molecule has 0 bridgehead atoms. The number of esters is 1. The first-order valence-electron chi connectivity index (χ1n) is 12.2. The van der Waals surface area contributed by atoms with Crippen molar-refractivity contribution in [2.45, 2.75) is 72.1 Å². The van der Waals surface area contributed by atoms with Gasteiger partial charge in [-0.15, -0.1) is 0 Å². The number of nitrogens with zero attached hydrogens (tertiary/aromatic N) is 2. The van der Waals surface area contributed by atoms with Gasteiger partial charge >= 0.3 is 12.1 Å². The molecule has 1 rings (SSSR count). The third-order valence-electron chi connectivity index (χ3n) is 5.36. The summed E-state index contributed by atoms with van der Waals surface area (Å²) in [4.78, 5) is 52.4. The van der Waals surface area contributed by atoms with Crippen LogP contribution in [0.15, 0.2) is 24.3 Å². The molecule has 3 atom stereocenters. The number of benzene rings is 1. The maximum atomic E-state index is 13.8. The molecule has 0 aliphatic heterocycles. The van der Waals surface area contributed by atoms with E-state index in [4.69, 9.17) is 9.47 Å². The fourth-order valence-corrected chi connectivity index (χ4v) is 3.45. The molecule has 0 aromatic heterocycles. The Labute approximate surface area is 218 Å². The maximum Gasteiger partial charge on any atom is 0.408 e. The lowest BCUT2D eigenvalue weighted by Gasteiger charge is -2.34. The number of nitriles is 1. The first kappa shape index (κ1) is 31.2. The molecule has 0 radical (unpaired) electrons. The third-order valence-corrected chi connectivity index (χ3v) is 5.36. The van der Waals surface area contributed by atoms with Crippen molar-refractivity contribution in [1.29, 1.82) is 5.26 Å². The highest BCUT2D eigenvalue weighted by molar-refractivity contribution is 5.92. The summed E-state index contributed by atoms with van der Waals surface area (Å²) in [5.41, 5.74) is -0.556. The van der Waals surface area contributed by atoms with Gasteiger partial charge in [0.1, 0.15) is 30.0 Å². The van der Waals surface area contributed by atoms with Crippen molar-refractivity contribution < 1.29 is 33.8 Å². The van der Waals surface area contributed by atoms with Crippen molar-refractivity contribution in [1.82, 2.24) is 15.5 Å². The van der Waals surface area contributed by atoms with Crippen molar-refractivity contribution in [3.63, 3.8) is 0 Å². The summed E-state index contributed by atoms with van der Waals surface area (Å²) in [7, 11) is 0. The highest BCUT2D eigenvalue weighted by atomic mass is 16.6. The van der Waals surface area contributed by atoms with Crippen LogP contribution in [0.1, 0.15) is 66.0 Å². The van der Waals surface area contributed by atoms with Crippen molar-refractivity contribution >= 4 is 23.9 Å². The Morgan fingerprint density at radius 3 is 2.41 bits per heavy atom. The van der Waals surface area contributed by atoms with E-state index in [1.54, 1.807) is 34.6 Å². The number of aromatic hydroxyl groups is 1. The van der Waals surface area contributed by atoms with Crippen molar-refractivity contribution in [2.75, 3.05) is 19.7 Å². The number of nitrogens with one attached hydrogen (secondary N) is 2. The summed E-state index contributed by atoms with van der Waals surface area (Å²) in [6.45, 7) is 9.98. The number of alkyl carbamates (subject to hydrolysis) is 1. The Kier molecular flexibility index (Phi) is 12.4. The second-order valence-corrected chi connectivity index (χ2v) is 9.48. The summed E-state index contributed by atoms with van der Waals surface area (Å²) in [5, 5.41) is 24.8. The van der Waals surface area contributed by atoms with E-state index in [0.29, 0.717) is 6.42 Å². The van der Waals surface area contributed by atoms with Crippen LogP contribution in [0.4, 0.5) is 4.79 Å². The van der Waals surface area contributed by atoms with Gasteiger partial charge in [0, 0.05) is 6.54 Å². The van der Waals surface area contributed by atoms with E-state index in [-0.39, 0.29) is 36.8 Å². The zero-order valence-electron chi connectivity index (χ0n) is 22.4. The Morgan fingerprint density at radius 1 is 1.19 bits per heavy atom. The molecular formula is C26H38N4O7. The summed E-state index contributed by atoms with van der Waals surface area (Å²) in [6.07, 6.45) is -0.389. The van der Waals surface area contributed by atoms with Gasteiger partial charge in [-0.3, -0.25) is 14.4 Å². The number of carbonyl (C=O) groups is 4. The first-order chi connectivity index (χ1) is 17.3. The lowest BCUT2D eigenvalue weighted by Crippen LogP contribution is -2.55. The molecule has 3 unspecified atom stereocenters. The Hall–Kier alpha value is -3.81. The van der Waals surface area contributed by atoms with E-state index in [9.17, 15) is 29.5 Å². The van der Waals surface area contributed by atoms with E-state index < -0.39 is 48.1 Å². The molecule has 0 spiro atoms. The molecular weight excluding hydrogens is 480 g/mol. The molecule has 0 saturated carbocycles. The number of carbonyl (C=O) groups excluding carboxylic acids is 4. The molecule has 0 heterocycles. The van der Waals surface area contributed by atoms with Crippen LogP contribution in [-0.2, 0) is 23.9 Å². The number of ether oxygens (including phenoxy) is 2. The van der Waals surface area contributed by atoms with E-state index >= 15 is 0 Å². The molecule has 0 aliphatic rings. The van der Waals surface area contributed by atoms with Crippen LogP contribution in [0.5, 0.6) is 5.75 Å². The average Bonchev–Trinajstić information content (AvgIpc) is 2.80. The SMILES string of the molecule is CCOC(=O)CCNC(=O)C(c1cccc(O)c1)N(CC#N)C(=O)C(NC(=O)OC(C)(C)C)C(C)CC. The molecule has 11 heteroatoms. The van der Waals surface area contributed by atoms with Crippen LogP contribution in [0.2, 0.25) is 0 Å². The predicted molar refractivity (Wildman–Crippen MR) is 135 cm³/mol. The zero-order valence-corrected chi connectivity index (χ0v) is 22.4. The summed E-state index contributed by atoms with van der Waals surface area (Å²) in [5.74, 6) is -2.34. The van der Waals surface area contributed by atoms with E-state index in [1.165, 1.54) is 24.3 Å². The van der Waals surface area contributed by atoms with Crippen LogP contribution in [0.3, 0.4) is 0 Å². The van der Waals surface area contributed by atoms with Gasteiger partial charge < -0.3 is 30.1 Å². The fraction of sp³-hybridized carbons (Fsp3) is 0.577. The van der Waals surface area contributed by atoms with Crippen molar-refractivity contribution in [3.8, 4) is 11.8 Å². The van der Waals surface area contributed by atoms with E-state index in [2.05, 4.69) is 10.6 Å². The zero-order chi connectivity index (χ0) is 28.2.